The maximum Gasteiger partial charge on any atom is 0.282 e. The predicted molar refractivity (Wildman–Crippen MR) is 108 cm³/mol. The van der Waals surface area contributed by atoms with Crippen LogP contribution in [-0.4, -0.2) is 23.0 Å². The fraction of sp³-hybridized carbons (Fsp3) is 0.250. The third-order valence-electron chi connectivity index (χ3n) is 3.90. The van der Waals surface area contributed by atoms with Crippen molar-refractivity contribution >= 4 is 33.0 Å². The Morgan fingerprint density at radius 1 is 1.19 bits per heavy atom. The normalized spacial score (nSPS) is 12.0. The molecule has 0 fully saturated rings. The van der Waals surface area contributed by atoms with Gasteiger partial charge in [0.15, 0.2) is 0 Å². The number of aromatic nitrogens is 2. The molecule has 26 heavy (non-hydrogen) atoms. The lowest BCUT2D eigenvalue weighted by molar-refractivity contribution is 0.414. The molecule has 3 aromatic rings. The molecule has 3 rings (SSSR count). The number of hydrogen-bond acceptors (Lipinski definition) is 4. The third-order valence-corrected chi connectivity index (χ3v) is 4.39. The van der Waals surface area contributed by atoms with Crippen LogP contribution in [0.4, 0.5) is 0 Å². The Morgan fingerprint density at radius 2 is 1.96 bits per heavy atom. The van der Waals surface area contributed by atoms with E-state index in [0.717, 1.165) is 15.8 Å². The first-order chi connectivity index (χ1) is 12.3. The van der Waals surface area contributed by atoms with Crippen molar-refractivity contribution in [2.45, 2.75) is 26.2 Å². The van der Waals surface area contributed by atoms with Crippen molar-refractivity contribution < 1.29 is 4.74 Å². The summed E-state index contributed by atoms with van der Waals surface area (Å²) in [5.41, 5.74) is 0.966. The van der Waals surface area contributed by atoms with Crippen LogP contribution < -0.4 is 10.3 Å². The van der Waals surface area contributed by atoms with E-state index >= 15 is 0 Å². The molecule has 0 aliphatic carbocycles. The molecule has 134 valence electrons. The van der Waals surface area contributed by atoms with Gasteiger partial charge in [-0.3, -0.25) is 4.79 Å². The van der Waals surface area contributed by atoms with Gasteiger partial charge in [0.05, 0.1) is 24.2 Å². The molecular weight excluding hydrogens is 394 g/mol. The largest absolute Gasteiger partial charge is 0.497 e. The summed E-state index contributed by atoms with van der Waals surface area (Å²) in [7, 11) is 1.61. The van der Waals surface area contributed by atoms with Crippen LogP contribution in [0.25, 0.3) is 10.9 Å². The van der Waals surface area contributed by atoms with Crippen LogP contribution >= 0.6 is 15.9 Å². The molecule has 0 spiro atoms. The Bertz CT molecular complexity index is 1050. The second-order valence-electron chi connectivity index (χ2n) is 6.99. The zero-order chi connectivity index (χ0) is 18.9. The lowest BCUT2D eigenvalue weighted by Crippen LogP contribution is -2.29. The number of halogens is 1. The first-order valence-corrected chi connectivity index (χ1v) is 9.00. The fourth-order valence-electron chi connectivity index (χ4n) is 2.59. The zero-order valence-electron chi connectivity index (χ0n) is 15.2. The molecule has 6 heteroatoms. The Morgan fingerprint density at radius 3 is 2.65 bits per heavy atom. The molecule has 2 aromatic carbocycles. The van der Waals surface area contributed by atoms with Gasteiger partial charge in [-0.25, -0.2) is 4.98 Å². The van der Waals surface area contributed by atoms with E-state index in [1.54, 1.807) is 19.4 Å². The molecule has 0 aliphatic heterocycles. The minimum absolute atomic E-state index is 0.194. The standard InChI is InChI=1S/C20H20BrN3O2/c1-20(2,3)19-23-17-9-8-14(21)11-16(17)18(25)24(19)22-12-13-6-5-7-15(10-13)26-4/h5-12H,1-4H3. The van der Waals surface area contributed by atoms with Crippen molar-refractivity contribution in [3.05, 3.63) is 68.7 Å². The van der Waals surface area contributed by atoms with Crippen LogP contribution in [0.15, 0.2) is 56.8 Å². The number of methoxy groups -OCH3 is 1. The monoisotopic (exact) mass is 413 g/mol. The van der Waals surface area contributed by atoms with Gasteiger partial charge in [0.25, 0.3) is 5.56 Å². The van der Waals surface area contributed by atoms with Gasteiger partial charge < -0.3 is 4.74 Å². The summed E-state index contributed by atoms with van der Waals surface area (Å²) in [5, 5.41) is 4.97. The zero-order valence-corrected chi connectivity index (χ0v) is 16.7. The molecule has 0 bridgehead atoms. The molecule has 0 aliphatic rings. The second-order valence-corrected chi connectivity index (χ2v) is 7.90. The molecule has 0 saturated carbocycles. The Balaban J connectivity index is 2.20. The number of hydrogen-bond donors (Lipinski definition) is 0. The van der Waals surface area contributed by atoms with E-state index in [2.05, 4.69) is 21.0 Å². The van der Waals surface area contributed by atoms with Gasteiger partial charge in [0.2, 0.25) is 0 Å². The second kappa shape index (κ2) is 7.03. The van der Waals surface area contributed by atoms with Gasteiger partial charge in [0, 0.05) is 9.89 Å². The smallest absolute Gasteiger partial charge is 0.282 e. The van der Waals surface area contributed by atoms with E-state index in [1.165, 1.54) is 4.68 Å². The van der Waals surface area contributed by atoms with E-state index in [-0.39, 0.29) is 11.0 Å². The van der Waals surface area contributed by atoms with E-state index < -0.39 is 0 Å². The number of nitrogens with zero attached hydrogens (tertiary/aromatic N) is 3. The van der Waals surface area contributed by atoms with E-state index in [9.17, 15) is 4.79 Å². The molecule has 0 amide bonds. The van der Waals surface area contributed by atoms with Crippen LogP contribution in [-0.2, 0) is 5.41 Å². The lowest BCUT2D eigenvalue weighted by atomic mass is 9.95. The highest BCUT2D eigenvalue weighted by molar-refractivity contribution is 9.10. The van der Waals surface area contributed by atoms with Gasteiger partial charge in [0.1, 0.15) is 11.6 Å². The molecule has 0 atom stereocenters. The van der Waals surface area contributed by atoms with Crippen molar-refractivity contribution in [2.24, 2.45) is 5.10 Å². The molecule has 0 radical (unpaired) electrons. The first-order valence-electron chi connectivity index (χ1n) is 8.21. The molecule has 0 unspecified atom stereocenters. The predicted octanol–water partition coefficient (Wildman–Crippen LogP) is 4.35. The first kappa shape index (κ1) is 18.3. The van der Waals surface area contributed by atoms with Crippen molar-refractivity contribution in [3.8, 4) is 5.75 Å². The summed E-state index contributed by atoms with van der Waals surface area (Å²) in [6.45, 7) is 6.03. The molecule has 1 heterocycles. The highest BCUT2D eigenvalue weighted by Crippen LogP contribution is 2.23. The lowest BCUT2D eigenvalue weighted by Gasteiger charge is -2.20. The maximum absolute atomic E-state index is 13.1. The van der Waals surface area contributed by atoms with Crippen molar-refractivity contribution in [2.75, 3.05) is 7.11 Å². The Labute approximate surface area is 160 Å². The molecule has 0 saturated heterocycles. The van der Waals surface area contributed by atoms with Crippen molar-refractivity contribution in [3.63, 3.8) is 0 Å². The van der Waals surface area contributed by atoms with Gasteiger partial charge in [-0.15, -0.1) is 0 Å². The highest BCUT2D eigenvalue weighted by Gasteiger charge is 2.22. The number of ether oxygens (including phenoxy) is 1. The Hall–Kier alpha value is -2.47. The molecular formula is C20H20BrN3O2. The van der Waals surface area contributed by atoms with Crippen molar-refractivity contribution in [1.82, 2.24) is 9.66 Å². The van der Waals surface area contributed by atoms with Crippen molar-refractivity contribution in [1.29, 1.82) is 0 Å². The summed E-state index contributed by atoms with van der Waals surface area (Å²) in [6.07, 6.45) is 1.64. The SMILES string of the molecule is COc1cccc(C=Nn2c(C(C)(C)C)nc3ccc(Br)cc3c2=O)c1. The van der Waals surface area contributed by atoms with Gasteiger partial charge in [-0.05, 0) is 35.9 Å². The van der Waals surface area contributed by atoms with Gasteiger partial charge in [-0.1, -0.05) is 48.8 Å². The van der Waals surface area contributed by atoms with Crippen LogP contribution in [0.2, 0.25) is 0 Å². The maximum atomic E-state index is 13.1. The van der Waals surface area contributed by atoms with Gasteiger partial charge in [-0.2, -0.15) is 9.78 Å². The number of rotatable bonds is 3. The number of benzene rings is 2. The highest BCUT2D eigenvalue weighted by atomic mass is 79.9. The van der Waals surface area contributed by atoms with Crippen LogP contribution in [0.3, 0.4) is 0 Å². The Kier molecular flexibility index (Phi) is 4.96. The summed E-state index contributed by atoms with van der Waals surface area (Å²) in [6, 6.07) is 13.0. The average Bonchev–Trinajstić information content (AvgIpc) is 2.60. The summed E-state index contributed by atoms with van der Waals surface area (Å²) in [5.74, 6) is 1.34. The molecule has 1 aromatic heterocycles. The minimum Gasteiger partial charge on any atom is -0.497 e. The van der Waals surface area contributed by atoms with Crippen LogP contribution in [0, 0.1) is 0 Å². The van der Waals surface area contributed by atoms with Crippen LogP contribution in [0.5, 0.6) is 5.75 Å². The number of fused-ring (bicyclic) bond motifs is 1. The topological polar surface area (TPSA) is 56.5 Å². The van der Waals surface area contributed by atoms with E-state index in [0.29, 0.717) is 16.7 Å². The van der Waals surface area contributed by atoms with Crippen LogP contribution in [0.1, 0.15) is 32.2 Å². The minimum atomic E-state index is -0.341. The molecule has 0 N–H and O–H groups in total. The van der Waals surface area contributed by atoms with E-state index in [4.69, 9.17) is 9.72 Å². The summed E-state index contributed by atoms with van der Waals surface area (Å²) < 4.78 is 7.44. The summed E-state index contributed by atoms with van der Waals surface area (Å²) in [4.78, 5) is 17.8. The summed E-state index contributed by atoms with van der Waals surface area (Å²) >= 11 is 3.41. The quantitative estimate of drug-likeness (QED) is 0.599. The fourth-order valence-corrected chi connectivity index (χ4v) is 2.95. The van der Waals surface area contributed by atoms with Gasteiger partial charge >= 0.3 is 0 Å². The average molecular weight is 414 g/mol. The third kappa shape index (κ3) is 3.70. The van der Waals surface area contributed by atoms with E-state index in [1.807, 2.05) is 57.2 Å². The molecule has 5 nitrogen and oxygen atoms in total.